The summed E-state index contributed by atoms with van der Waals surface area (Å²) in [6, 6.07) is 12.1. The number of carbonyl (C=O) groups is 1. The largest absolute Gasteiger partial charge is 0.332 e. The third kappa shape index (κ3) is 3.00. The van der Waals surface area contributed by atoms with Crippen LogP contribution < -0.4 is 10.9 Å². The van der Waals surface area contributed by atoms with E-state index in [-0.39, 0.29) is 16.2 Å². The smallest absolute Gasteiger partial charge is 0.259 e. The average Bonchev–Trinajstić information content (AvgIpc) is 2.48. The van der Waals surface area contributed by atoms with Gasteiger partial charge in [-0.15, -0.1) is 0 Å². The van der Waals surface area contributed by atoms with E-state index in [9.17, 15) is 9.59 Å². The SMILES string of the molecule is O=C(Nc1ccc(Br)cc1)c1ccc2c(=O)[nH]c(=S)[nH]c2c1. The maximum absolute atomic E-state index is 12.3. The number of halogens is 1. The van der Waals surface area contributed by atoms with Crippen LogP contribution in [-0.4, -0.2) is 15.9 Å². The molecule has 5 nitrogen and oxygen atoms in total. The molecule has 3 rings (SSSR count). The number of hydrogen-bond acceptors (Lipinski definition) is 3. The summed E-state index contributed by atoms with van der Waals surface area (Å²) in [6.45, 7) is 0. The number of nitrogens with one attached hydrogen (secondary N) is 3. The van der Waals surface area contributed by atoms with E-state index in [2.05, 4.69) is 31.2 Å². The van der Waals surface area contributed by atoms with Gasteiger partial charge in [0.1, 0.15) is 0 Å². The first-order valence-electron chi connectivity index (χ1n) is 6.36. The summed E-state index contributed by atoms with van der Waals surface area (Å²) in [5.74, 6) is -0.260. The number of benzene rings is 2. The Morgan fingerprint density at radius 2 is 1.82 bits per heavy atom. The zero-order chi connectivity index (χ0) is 15.7. The highest BCUT2D eigenvalue weighted by molar-refractivity contribution is 9.10. The molecule has 22 heavy (non-hydrogen) atoms. The molecule has 110 valence electrons. The molecular formula is C15H10BrN3O2S. The number of aromatic nitrogens is 2. The molecule has 0 spiro atoms. The molecule has 0 aliphatic carbocycles. The number of anilines is 1. The van der Waals surface area contributed by atoms with Gasteiger partial charge in [-0.05, 0) is 54.7 Å². The summed E-state index contributed by atoms with van der Waals surface area (Å²) in [7, 11) is 0. The molecule has 1 amide bonds. The van der Waals surface area contributed by atoms with Gasteiger partial charge in [0.05, 0.1) is 10.9 Å². The van der Waals surface area contributed by atoms with E-state index < -0.39 is 0 Å². The van der Waals surface area contributed by atoms with E-state index in [1.54, 1.807) is 30.3 Å². The van der Waals surface area contributed by atoms with Crippen LogP contribution in [0.15, 0.2) is 51.7 Å². The van der Waals surface area contributed by atoms with E-state index >= 15 is 0 Å². The molecule has 1 heterocycles. The van der Waals surface area contributed by atoms with Gasteiger partial charge in [0.2, 0.25) is 0 Å². The van der Waals surface area contributed by atoms with Crippen molar-refractivity contribution < 1.29 is 4.79 Å². The van der Waals surface area contributed by atoms with Crippen LogP contribution in [-0.2, 0) is 0 Å². The lowest BCUT2D eigenvalue weighted by molar-refractivity contribution is 0.102. The second-order valence-corrected chi connectivity index (χ2v) is 5.95. The van der Waals surface area contributed by atoms with Crippen molar-refractivity contribution in [2.75, 3.05) is 5.32 Å². The molecule has 2 aromatic carbocycles. The lowest BCUT2D eigenvalue weighted by Crippen LogP contribution is -2.13. The van der Waals surface area contributed by atoms with Crippen molar-refractivity contribution in [3.63, 3.8) is 0 Å². The van der Waals surface area contributed by atoms with Gasteiger partial charge in [-0.25, -0.2) is 0 Å². The number of aromatic amines is 2. The average molecular weight is 376 g/mol. The van der Waals surface area contributed by atoms with Crippen LogP contribution in [0.3, 0.4) is 0 Å². The third-order valence-corrected chi connectivity index (χ3v) is 3.84. The number of amides is 1. The quantitative estimate of drug-likeness (QED) is 0.598. The Hall–Kier alpha value is -2.25. The van der Waals surface area contributed by atoms with Crippen LogP contribution in [0.4, 0.5) is 5.69 Å². The van der Waals surface area contributed by atoms with Crippen LogP contribution in [0, 0.1) is 4.77 Å². The fourth-order valence-electron chi connectivity index (χ4n) is 2.05. The molecule has 3 N–H and O–H groups in total. The third-order valence-electron chi connectivity index (χ3n) is 3.10. The van der Waals surface area contributed by atoms with Gasteiger partial charge in [-0.3, -0.25) is 14.6 Å². The fourth-order valence-corrected chi connectivity index (χ4v) is 2.51. The van der Waals surface area contributed by atoms with Crippen molar-refractivity contribution in [1.29, 1.82) is 0 Å². The minimum Gasteiger partial charge on any atom is -0.332 e. The number of carbonyl (C=O) groups excluding carboxylic acids is 1. The number of rotatable bonds is 2. The van der Waals surface area contributed by atoms with Gasteiger partial charge < -0.3 is 10.3 Å². The van der Waals surface area contributed by atoms with E-state index in [0.717, 1.165) is 4.47 Å². The Labute approximate surface area is 138 Å². The molecular weight excluding hydrogens is 366 g/mol. The van der Waals surface area contributed by atoms with Gasteiger partial charge >= 0.3 is 0 Å². The fraction of sp³-hybridized carbons (Fsp3) is 0. The molecule has 3 aromatic rings. The van der Waals surface area contributed by atoms with Crippen molar-refractivity contribution in [2.24, 2.45) is 0 Å². The van der Waals surface area contributed by atoms with Gasteiger partial charge in [-0.1, -0.05) is 15.9 Å². The van der Waals surface area contributed by atoms with Crippen LogP contribution in [0.1, 0.15) is 10.4 Å². The topological polar surface area (TPSA) is 77.8 Å². The zero-order valence-corrected chi connectivity index (χ0v) is 13.5. The van der Waals surface area contributed by atoms with Crippen LogP contribution in [0.5, 0.6) is 0 Å². The molecule has 1 aromatic heterocycles. The normalized spacial score (nSPS) is 10.6. The van der Waals surface area contributed by atoms with Crippen molar-refractivity contribution in [1.82, 2.24) is 9.97 Å². The summed E-state index contributed by atoms with van der Waals surface area (Å²) < 4.78 is 1.16. The highest BCUT2D eigenvalue weighted by Crippen LogP contribution is 2.16. The Bertz CT molecular complexity index is 976. The van der Waals surface area contributed by atoms with Gasteiger partial charge in [0.15, 0.2) is 4.77 Å². The monoisotopic (exact) mass is 375 g/mol. The molecule has 0 radical (unpaired) electrons. The Balaban J connectivity index is 1.95. The maximum Gasteiger partial charge on any atom is 0.259 e. The van der Waals surface area contributed by atoms with E-state index in [4.69, 9.17) is 12.2 Å². The maximum atomic E-state index is 12.3. The second kappa shape index (κ2) is 5.86. The second-order valence-electron chi connectivity index (χ2n) is 4.63. The summed E-state index contributed by atoms with van der Waals surface area (Å²) in [5.41, 5.74) is 1.37. The molecule has 0 aliphatic heterocycles. The number of hydrogen-bond donors (Lipinski definition) is 3. The molecule has 0 bridgehead atoms. The predicted molar refractivity (Wildman–Crippen MR) is 91.8 cm³/mol. The molecule has 0 aliphatic rings. The molecule has 0 saturated carbocycles. The number of H-pyrrole nitrogens is 2. The minimum absolute atomic E-state index is 0.225. The Kier molecular flexibility index (Phi) is 3.91. The molecule has 0 atom stereocenters. The first kappa shape index (κ1) is 14.7. The van der Waals surface area contributed by atoms with Crippen molar-refractivity contribution in [3.05, 3.63) is 67.6 Å². The van der Waals surface area contributed by atoms with Crippen molar-refractivity contribution in [3.8, 4) is 0 Å². The van der Waals surface area contributed by atoms with Crippen LogP contribution in [0.2, 0.25) is 0 Å². The van der Waals surface area contributed by atoms with Crippen LogP contribution >= 0.6 is 28.1 Å². The predicted octanol–water partition coefficient (Wildman–Crippen LogP) is 3.60. The zero-order valence-electron chi connectivity index (χ0n) is 11.1. The van der Waals surface area contributed by atoms with Gasteiger partial charge in [0, 0.05) is 15.7 Å². The molecule has 0 unspecified atom stereocenters. The molecule has 0 saturated heterocycles. The van der Waals surface area contributed by atoms with Crippen molar-refractivity contribution >= 4 is 50.6 Å². The first-order valence-corrected chi connectivity index (χ1v) is 7.56. The molecule has 7 heteroatoms. The van der Waals surface area contributed by atoms with Gasteiger partial charge in [-0.2, -0.15) is 0 Å². The summed E-state index contributed by atoms with van der Waals surface area (Å²) >= 11 is 8.27. The number of fused-ring (bicyclic) bond motifs is 1. The highest BCUT2D eigenvalue weighted by atomic mass is 79.9. The van der Waals surface area contributed by atoms with Crippen LogP contribution in [0.25, 0.3) is 10.9 Å². The van der Waals surface area contributed by atoms with Crippen molar-refractivity contribution in [2.45, 2.75) is 0 Å². The summed E-state index contributed by atoms with van der Waals surface area (Å²) in [6.07, 6.45) is 0. The molecule has 0 fully saturated rings. The highest BCUT2D eigenvalue weighted by Gasteiger charge is 2.08. The van der Waals surface area contributed by atoms with E-state index in [1.165, 1.54) is 0 Å². The lowest BCUT2D eigenvalue weighted by Gasteiger charge is -2.06. The Morgan fingerprint density at radius 1 is 1.09 bits per heavy atom. The minimum atomic E-state index is -0.279. The van der Waals surface area contributed by atoms with E-state index in [1.807, 2.05) is 12.1 Å². The first-order chi connectivity index (χ1) is 10.5. The standard InChI is InChI=1S/C15H10BrN3O2S/c16-9-2-4-10(5-3-9)17-13(20)8-1-6-11-12(7-8)18-15(22)19-14(11)21/h1-7H,(H,17,20)(H2,18,19,21,22). The summed E-state index contributed by atoms with van der Waals surface area (Å²) in [5, 5.41) is 3.25. The van der Waals surface area contributed by atoms with Gasteiger partial charge in [0.25, 0.3) is 11.5 Å². The Morgan fingerprint density at radius 3 is 2.55 bits per heavy atom. The summed E-state index contributed by atoms with van der Waals surface area (Å²) in [4.78, 5) is 29.4. The lowest BCUT2D eigenvalue weighted by atomic mass is 10.1. The van der Waals surface area contributed by atoms with E-state index in [0.29, 0.717) is 22.2 Å².